The third-order valence-electron chi connectivity index (χ3n) is 6.69. The van der Waals surface area contributed by atoms with Crippen molar-refractivity contribution in [2.24, 2.45) is 5.73 Å². The Kier molecular flexibility index (Phi) is 7.53. The lowest BCUT2D eigenvalue weighted by atomic mass is 9.87. The summed E-state index contributed by atoms with van der Waals surface area (Å²) in [7, 11) is 0. The molecule has 3 N–H and O–H groups in total. The number of rotatable bonds is 7. The molecule has 1 atom stereocenters. The number of nitrogens with zero attached hydrogens (tertiary/aromatic N) is 1. The molecule has 0 bridgehead atoms. The van der Waals surface area contributed by atoms with Crippen LogP contribution in [0, 0.1) is 6.92 Å². The maximum atomic E-state index is 13.3. The van der Waals surface area contributed by atoms with Gasteiger partial charge in [-0.1, -0.05) is 67.1 Å². The van der Waals surface area contributed by atoms with Crippen LogP contribution in [0.25, 0.3) is 0 Å². The van der Waals surface area contributed by atoms with Gasteiger partial charge in [-0.25, -0.2) is 4.79 Å². The number of urea groups is 1. The van der Waals surface area contributed by atoms with Crippen LogP contribution in [0.2, 0.25) is 0 Å². The number of aryl methyl sites for hydroxylation is 2. The largest absolute Gasteiger partial charge is 0.489 e. The van der Waals surface area contributed by atoms with E-state index in [0.717, 1.165) is 53.8 Å². The molecule has 1 aliphatic rings. The summed E-state index contributed by atoms with van der Waals surface area (Å²) in [5, 5.41) is 3.12. The first-order valence-electron chi connectivity index (χ1n) is 12.2. The van der Waals surface area contributed by atoms with E-state index in [2.05, 4.69) is 49.5 Å². The van der Waals surface area contributed by atoms with Crippen molar-refractivity contribution in [3.05, 3.63) is 95.1 Å². The molecule has 3 aromatic carbocycles. The fourth-order valence-electron chi connectivity index (χ4n) is 4.49. The van der Waals surface area contributed by atoms with Crippen LogP contribution in [0.15, 0.2) is 72.8 Å². The Bertz CT molecular complexity index is 1120. The minimum atomic E-state index is -0.606. The number of carbonyl (C=O) groups is 1. The summed E-state index contributed by atoms with van der Waals surface area (Å²) in [5.41, 5.74) is 11.6. The van der Waals surface area contributed by atoms with Crippen molar-refractivity contribution < 1.29 is 9.53 Å². The molecule has 5 nitrogen and oxygen atoms in total. The van der Waals surface area contributed by atoms with Gasteiger partial charge < -0.3 is 15.8 Å². The van der Waals surface area contributed by atoms with E-state index in [4.69, 9.17) is 10.5 Å². The van der Waals surface area contributed by atoms with Crippen LogP contribution in [-0.2, 0) is 18.6 Å². The zero-order chi connectivity index (χ0) is 24.0. The zero-order valence-electron chi connectivity index (χ0n) is 20.2. The van der Waals surface area contributed by atoms with Crippen molar-refractivity contribution in [3.8, 4) is 5.75 Å². The van der Waals surface area contributed by atoms with E-state index in [9.17, 15) is 4.79 Å². The molecule has 2 amide bonds. The second-order valence-corrected chi connectivity index (χ2v) is 9.21. The van der Waals surface area contributed by atoms with Crippen LogP contribution in [0.3, 0.4) is 0 Å². The molecular formula is C29H35N3O2. The maximum Gasteiger partial charge on any atom is 0.321 e. The lowest BCUT2D eigenvalue weighted by Gasteiger charge is -2.31. The summed E-state index contributed by atoms with van der Waals surface area (Å²) >= 11 is 0. The standard InChI is InChI=1S/C29H35N3O2/c1-3-29(30,25-14-9-10-22(2)18-25)21-31-28(33)32-17-8-7-13-24-19-26(15-16-27(24)32)34-20-23-11-5-4-6-12-23/h4-6,9-12,14-16,18-19H,3,7-8,13,17,20-21,30H2,1-2H3,(H,31,33). The molecule has 34 heavy (non-hydrogen) atoms. The Morgan fingerprint density at radius 1 is 1.06 bits per heavy atom. The van der Waals surface area contributed by atoms with Gasteiger partial charge in [0.15, 0.2) is 0 Å². The van der Waals surface area contributed by atoms with E-state index in [1.165, 1.54) is 5.56 Å². The third kappa shape index (κ3) is 5.60. The molecule has 1 aliphatic heterocycles. The predicted molar refractivity (Wildman–Crippen MR) is 138 cm³/mol. The maximum absolute atomic E-state index is 13.3. The van der Waals surface area contributed by atoms with E-state index >= 15 is 0 Å². The molecule has 178 valence electrons. The quantitative estimate of drug-likeness (QED) is 0.479. The second kappa shape index (κ2) is 10.7. The van der Waals surface area contributed by atoms with Crippen LogP contribution in [-0.4, -0.2) is 19.1 Å². The number of hydrogen-bond donors (Lipinski definition) is 2. The third-order valence-corrected chi connectivity index (χ3v) is 6.69. The van der Waals surface area contributed by atoms with E-state index in [1.54, 1.807) is 0 Å². The van der Waals surface area contributed by atoms with Gasteiger partial charge in [-0.15, -0.1) is 0 Å². The van der Waals surface area contributed by atoms with E-state index in [0.29, 0.717) is 19.7 Å². The summed E-state index contributed by atoms with van der Waals surface area (Å²) in [6.07, 6.45) is 3.66. The fraction of sp³-hybridized carbons (Fsp3) is 0.345. The molecule has 0 fully saturated rings. The number of fused-ring (bicyclic) bond motifs is 1. The molecule has 3 aromatic rings. The molecule has 4 rings (SSSR count). The fourth-order valence-corrected chi connectivity index (χ4v) is 4.49. The number of carbonyl (C=O) groups excluding carboxylic acids is 1. The van der Waals surface area contributed by atoms with Gasteiger partial charge in [-0.3, -0.25) is 4.90 Å². The highest BCUT2D eigenvalue weighted by molar-refractivity contribution is 5.93. The molecule has 0 saturated carbocycles. The van der Waals surface area contributed by atoms with Crippen LogP contribution in [0.5, 0.6) is 5.75 Å². The Morgan fingerprint density at radius 2 is 1.88 bits per heavy atom. The van der Waals surface area contributed by atoms with E-state index < -0.39 is 5.54 Å². The van der Waals surface area contributed by atoms with Gasteiger partial charge >= 0.3 is 6.03 Å². The van der Waals surface area contributed by atoms with Crippen LogP contribution in [0.1, 0.15) is 48.4 Å². The lowest BCUT2D eigenvalue weighted by molar-refractivity contribution is 0.242. The Balaban J connectivity index is 1.46. The minimum Gasteiger partial charge on any atom is -0.489 e. The summed E-state index contributed by atoms with van der Waals surface area (Å²) in [6.45, 7) is 5.72. The van der Waals surface area contributed by atoms with Gasteiger partial charge in [0.2, 0.25) is 0 Å². The van der Waals surface area contributed by atoms with Crippen molar-refractivity contribution in [1.29, 1.82) is 0 Å². The highest BCUT2D eigenvalue weighted by Crippen LogP contribution is 2.31. The molecule has 0 saturated heterocycles. The number of anilines is 1. The number of benzene rings is 3. The molecule has 0 aliphatic carbocycles. The first-order chi connectivity index (χ1) is 16.5. The van der Waals surface area contributed by atoms with Gasteiger partial charge in [0.1, 0.15) is 12.4 Å². The summed E-state index contributed by atoms with van der Waals surface area (Å²) in [6, 6.07) is 24.3. The summed E-state index contributed by atoms with van der Waals surface area (Å²) < 4.78 is 6.02. The van der Waals surface area contributed by atoms with E-state index in [1.807, 2.05) is 47.4 Å². The summed E-state index contributed by atoms with van der Waals surface area (Å²) in [4.78, 5) is 15.2. The minimum absolute atomic E-state index is 0.1000. The zero-order valence-corrected chi connectivity index (χ0v) is 20.2. The average molecular weight is 458 g/mol. The number of nitrogens with two attached hydrogens (primary N) is 1. The van der Waals surface area contributed by atoms with Gasteiger partial charge in [0.25, 0.3) is 0 Å². The molecule has 1 unspecified atom stereocenters. The molecule has 0 aromatic heterocycles. The number of amides is 2. The molecular weight excluding hydrogens is 422 g/mol. The highest BCUT2D eigenvalue weighted by Gasteiger charge is 2.28. The summed E-state index contributed by atoms with van der Waals surface area (Å²) in [5.74, 6) is 0.830. The van der Waals surface area contributed by atoms with Gasteiger partial charge in [-0.05, 0) is 67.5 Å². The molecule has 0 spiro atoms. The second-order valence-electron chi connectivity index (χ2n) is 9.21. The van der Waals surface area contributed by atoms with Crippen molar-refractivity contribution >= 4 is 11.7 Å². The van der Waals surface area contributed by atoms with Crippen LogP contribution >= 0.6 is 0 Å². The van der Waals surface area contributed by atoms with Crippen molar-refractivity contribution in [2.75, 3.05) is 18.0 Å². The first kappa shape index (κ1) is 23.8. The smallest absolute Gasteiger partial charge is 0.321 e. The average Bonchev–Trinajstić information content (AvgIpc) is 3.08. The molecule has 0 radical (unpaired) electrons. The molecule has 5 heteroatoms. The van der Waals surface area contributed by atoms with Crippen molar-refractivity contribution in [3.63, 3.8) is 0 Å². The van der Waals surface area contributed by atoms with Crippen LogP contribution in [0.4, 0.5) is 10.5 Å². The lowest BCUT2D eigenvalue weighted by Crippen LogP contribution is -2.51. The monoisotopic (exact) mass is 457 g/mol. The Hall–Kier alpha value is -3.31. The van der Waals surface area contributed by atoms with Gasteiger partial charge in [0.05, 0.1) is 5.54 Å². The van der Waals surface area contributed by atoms with Gasteiger partial charge in [0, 0.05) is 18.8 Å². The number of ether oxygens (including phenoxy) is 1. The van der Waals surface area contributed by atoms with Crippen LogP contribution < -0.4 is 20.7 Å². The Labute approximate surface area is 202 Å². The number of nitrogens with one attached hydrogen (secondary N) is 1. The Morgan fingerprint density at radius 3 is 2.65 bits per heavy atom. The van der Waals surface area contributed by atoms with E-state index in [-0.39, 0.29) is 6.03 Å². The predicted octanol–water partition coefficient (Wildman–Crippen LogP) is 5.69. The number of hydrogen-bond acceptors (Lipinski definition) is 3. The normalized spacial score (nSPS) is 15.1. The van der Waals surface area contributed by atoms with Crippen molar-refractivity contribution in [2.45, 2.75) is 51.7 Å². The highest BCUT2D eigenvalue weighted by atomic mass is 16.5. The topological polar surface area (TPSA) is 67.6 Å². The van der Waals surface area contributed by atoms with Gasteiger partial charge in [-0.2, -0.15) is 0 Å². The van der Waals surface area contributed by atoms with Crippen molar-refractivity contribution in [1.82, 2.24) is 5.32 Å². The SMILES string of the molecule is CCC(N)(CNC(=O)N1CCCCc2cc(OCc3ccccc3)ccc21)c1cccc(C)c1. The first-order valence-corrected chi connectivity index (χ1v) is 12.2. The molecule has 1 heterocycles.